The fraction of sp³-hybridized carbons (Fsp3) is 0.320. The number of para-hydroxylation sites is 1. The van der Waals surface area contributed by atoms with Crippen LogP contribution in [0.15, 0.2) is 66.7 Å². The van der Waals surface area contributed by atoms with Gasteiger partial charge >= 0.3 is 0 Å². The Bertz CT molecular complexity index is 986. The Morgan fingerprint density at radius 1 is 0.969 bits per heavy atom. The molecule has 1 N–H and O–H groups in total. The number of nitrogens with one attached hydrogen (secondary N) is 1. The van der Waals surface area contributed by atoms with Crippen molar-refractivity contribution in [2.45, 2.75) is 12.8 Å². The number of hydrogen-bond donors (Lipinski definition) is 1. The van der Waals surface area contributed by atoms with Crippen LogP contribution in [0.2, 0.25) is 0 Å². The number of anilines is 1. The van der Waals surface area contributed by atoms with Gasteiger partial charge in [0.15, 0.2) is 5.82 Å². The van der Waals surface area contributed by atoms with Gasteiger partial charge in [0.2, 0.25) is 5.91 Å². The Balaban J connectivity index is 1.22. The second kappa shape index (κ2) is 10.6. The molecule has 0 aliphatic carbocycles. The number of rotatable bonds is 8. The van der Waals surface area contributed by atoms with Crippen LogP contribution in [-0.2, 0) is 4.79 Å². The number of nitrogens with zero attached hydrogens (tertiary/aromatic N) is 3. The van der Waals surface area contributed by atoms with E-state index in [1.807, 2.05) is 66.7 Å². The van der Waals surface area contributed by atoms with Gasteiger partial charge in [-0.1, -0.05) is 18.2 Å². The monoisotopic (exact) mass is 432 g/mol. The summed E-state index contributed by atoms with van der Waals surface area (Å²) in [6, 6.07) is 21.4. The number of carbonyl (C=O) groups excluding carboxylic acids is 1. The van der Waals surface area contributed by atoms with Crippen LogP contribution in [0, 0.1) is 5.92 Å². The van der Waals surface area contributed by atoms with E-state index < -0.39 is 0 Å². The van der Waals surface area contributed by atoms with Gasteiger partial charge in [-0.2, -0.15) is 0 Å². The summed E-state index contributed by atoms with van der Waals surface area (Å²) >= 11 is 0. The molecule has 0 bridgehead atoms. The Labute approximate surface area is 188 Å². The minimum absolute atomic E-state index is 0.0227. The van der Waals surface area contributed by atoms with Crippen molar-refractivity contribution in [2.24, 2.45) is 5.92 Å². The van der Waals surface area contributed by atoms with E-state index in [0.717, 1.165) is 54.5 Å². The maximum absolute atomic E-state index is 12.5. The average molecular weight is 433 g/mol. The first-order valence-electron chi connectivity index (χ1n) is 10.9. The van der Waals surface area contributed by atoms with Gasteiger partial charge in [-0.15, -0.1) is 10.2 Å². The second-order valence-electron chi connectivity index (χ2n) is 7.72. The molecule has 1 aromatic heterocycles. The molecule has 3 aromatic rings. The van der Waals surface area contributed by atoms with Crippen molar-refractivity contribution in [3.8, 4) is 22.8 Å². The van der Waals surface area contributed by atoms with E-state index in [1.54, 1.807) is 7.11 Å². The predicted octanol–water partition coefficient (Wildman–Crippen LogP) is 3.56. The fourth-order valence-corrected chi connectivity index (χ4v) is 3.78. The zero-order chi connectivity index (χ0) is 22.2. The van der Waals surface area contributed by atoms with Crippen molar-refractivity contribution < 1.29 is 14.3 Å². The molecule has 2 aromatic carbocycles. The first kappa shape index (κ1) is 21.6. The van der Waals surface area contributed by atoms with Crippen LogP contribution in [0.4, 0.5) is 5.82 Å². The summed E-state index contributed by atoms with van der Waals surface area (Å²) in [6.45, 7) is 2.54. The van der Waals surface area contributed by atoms with Crippen molar-refractivity contribution in [1.82, 2.24) is 15.5 Å². The van der Waals surface area contributed by atoms with Gasteiger partial charge in [-0.3, -0.25) is 4.79 Å². The highest BCUT2D eigenvalue weighted by Crippen LogP contribution is 2.24. The molecule has 0 unspecified atom stereocenters. The molecular formula is C25H28N4O3. The topological polar surface area (TPSA) is 76.6 Å². The summed E-state index contributed by atoms with van der Waals surface area (Å²) < 4.78 is 10.8. The standard InChI is InChI=1S/C25H28N4O3/c1-31-21-9-7-19(8-10-21)23-11-12-24(28-27-23)29-16-13-20(14-17-29)25(30)26-15-18-32-22-5-3-2-4-6-22/h2-12,20H,13-18H2,1H3,(H,26,30). The van der Waals surface area contributed by atoms with Crippen LogP contribution < -0.4 is 19.7 Å². The lowest BCUT2D eigenvalue weighted by Crippen LogP contribution is -2.41. The molecule has 0 atom stereocenters. The minimum atomic E-state index is 0.0227. The number of piperidine rings is 1. The van der Waals surface area contributed by atoms with Crippen LogP contribution in [0.1, 0.15) is 12.8 Å². The highest BCUT2D eigenvalue weighted by atomic mass is 16.5. The number of carbonyl (C=O) groups is 1. The smallest absolute Gasteiger partial charge is 0.223 e. The molecule has 1 fully saturated rings. The summed E-state index contributed by atoms with van der Waals surface area (Å²) in [7, 11) is 1.65. The van der Waals surface area contributed by atoms with Gasteiger partial charge < -0.3 is 19.7 Å². The van der Waals surface area contributed by atoms with E-state index in [-0.39, 0.29) is 11.8 Å². The highest BCUT2D eigenvalue weighted by molar-refractivity contribution is 5.79. The van der Waals surface area contributed by atoms with E-state index in [2.05, 4.69) is 20.4 Å². The average Bonchev–Trinajstić information content (AvgIpc) is 2.87. The SMILES string of the molecule is COc1ccc(-c2ccc(N3CCC(C(=O)NCCOc4ccccc4)CC3)nn2)cc1. The molecule has 0 radical (unpaired) electrons. The molecule has 4 rings (SSSR count). The second-order valence-corrected chi connectivity index (χ2v) is 7.72. The molecule has 1 aliphatic rings. The van der Waals surface area contributed by atoms with Crippen molar-refractivity contribution >= 4 is 11.7 Å². The maximum atomic E-state index is 12.5. The van der Waals surface area contributed by atoms with E-state index in [9.17, 15) is 4.79 Å². The molecule has 1 aliphatic heterocycles. The van der Waals surface area contributed by atoms with Crippen molar-refractivity contribution in [1.29, 1.82) is 0 Å². The van der Waals surface area contributed by atoms with Crippen molar-refractivity contribution in [3.05, 3.63) is 66.7 Å². The minimum Gasteiger partial charge on any atom is -0.497 e. The Hall–Kier alpha value is -3.61. The first-order valence-corrected chi connectivity index (χ1v) is 10.9. The van der Waals surface area contributed by atoms with Crippen molar-refractivity contribution in [3.63, 3.8) is 0 Å². The van der Waals surface area contributed by atoms with Crippen molar-refractivity contribution in [2.75, 3.05) is 38.3 Å². The van der Waals surface area contributed by atoms with E-state index in [0.29, 0.717) is 13.2 Å². The van der Waals surface area contributed by atoms with Crippen LogP contribution >= 0.6 is 0 Å². The zero-order valence-electron chi connectivity index (χ0n) is 18.2. The summed E-state index contributed by atoms with van der Waals surface area (Å²) in [5.41, 5.74) is 1.82. The van der Waals surface area contributed by atoms with Crippen LogP contribution in [0.5, 0.6) is 11.5 Å². The summed E-state index contributed by atoms with van der Waals surface area (Å²) in [6.07, 6.45) is 1.60. The van der Waals surface area contributed by atoms with E-state index >= 15 is 0 Å². The number of benzene rings is 2. The molecule has 0 spiro atoms. The first-order chi connectivity index (χ1) is 15.7. The predicted molar refractivity (Wildman–Crippen MR) is 124 cm³/mol. The number of amides is 1. The lowest BCUT2D eigenvalue weighted by atomic mass is 9.96. The molecular weight excluding hydrogens is 404 g/mol. The van der Waals surface area contributed by atoms with Gasteiger partial charge in [0.1, 0.15) is 18.1 Å². The molecule has 1 saturated heterocycles. The molecule has 166 valence electrons. The molecule has 0 saturated carbocycles. The zero-order valence-corrected chi connectivity index (χ0v) is 18.2. The normalized spacial score (nSPS) is 14.1. The molecule has 7 heteroatoms. The van der Waals surface area contributed by atoms with Gasteiger partial charge in [0, 0.05) is 24.6 Å². The quantitative estimate of drug-likeness (QED) is 0.549. The third-order valence-electron chi connectivity index (χ3n) is 5.64. The fourth-order valence-electron chi connectivity index (χ4n) is 3.78. The number of aromatic nitrogens is 2. The lowest BCUT2D eigenvalue weighted by Gasteiger charge is -2.31. The Morgan fingerprint density at radius 2 is 1.72 bits per heavy atom. The summed E-state index contributed by atoms with van der Waals surface area (Å²) in [5.74, 6) is 2.59. The molecule has 32 heavy (non-hydrogen) atoms. The van der Waals surface area contributed by atoms with Gasteiger partial charge in [0.05, 0.1) is 19.3 Å². The van der Waals surface area contributed by atoms with E-state index in [1.165, 1.54) is 0 Å². The molecule has 7 nitrogen and oxygen atoms in total. The lowest BCUT2D eigenvalue weighted by molar-refractivity contribution is -0.125. The number of hydrogen-bond acceptors (Lipinski definition) is 6. The molecule has 2 heterocycles. The number of methoxy groups -OCH3 is 1. The molecule has 1 amide bonds. The third-order valence-corrected chi connectivity index (χ3v) is 5.64. The number of ether oxygens (including phenoxy) is 2. The highest BCUT2D eigenvalue weighted by Gasteiger charge is 2.25. The van der Waals surface area contributed by atoms with E-state index in [4.69, 9.17) is 9.47 Å². The Morgan fingerprint density at radius 3 is 2.38 bits per heavy atom. The van der Waals surface area contributed by atoms with Gasteiger partial charge in [0.25, 0.3) is 0 Å². The third kappa shape index (κ3) is 5.55. The maximum Gasteiger partial charge on any atom is 0.223 e. The van der Waals surface area contributed by atoms with Gasteiger partial charge in [-0.05, 0) is 61.4 Å². The van der Waals surface area contributed by atoms with Crippen LogP contribution in [0.3, 0.4) is 0 Å². The summed E-state index contributed by atoms with van der Waals surface area (Å²) in [5, 5.41) is 11.8. The van der Waals surface area contributed by atoms with Crippen LogP contribution in [0.25, 0.3) is 11.3 Å². The van der Waals surface area contributed by atoms with Crippen LogP contribution in [-0.4, -0.2) is 49.5 Å². The largest absolute Gasteiger partial charge is 0.497 e. The Kier molecular flexibility index (Phi) is 7.17. The summed E-state index contributed by atoms with van der Waals surface area (Å²) in [4.78, 5) is 14.7. The van der Waals surface area contributed by atoms with Gasteiger partial charge in [-0.25, -0.2) is 0 Å².